The zero-order valence-corrected chi connectivity index (χ0v) is 25.7. The van der Waals surface area contributed by atoms with E-state index < -0.39 is 0 Å². The molecule has 8 aromatic rings. The molecule has 2 nitrogen and oxygen atoms in total. The molecule has 8 aromatic carbocycles. The number of hydrogen-bond acceptors (Lipinski definition) is 2. The number of halogens is 2. The van der Waals surface area contributed by atoms with Gasteiger partial charge in [-0.2, -0.15) is 0 Å². The van der Waals surface area contributed by atoms with Crippen LogP contribution >= 0.6 is 23.2 Å². The number of phenolic OH excluding ortho intramolecular Hbond substituents is 2. The molecule has 0 spiro atoms. The maximum atomic E-state index is 12.4. The van der Waals surface area contributed by atoms with Crippen LogP contribution in [-0.2, 0) is 0 Å². The Morgan fingerprint density at radius 1 is 0.400 bits per heavy atom. The van der Waals surface area contributed by atoms with Gasteiger partial charge in [0.2, 0.25) is 0 Å². The Kier molecular flexibility index (Phi) is 7.77. The second-order valence-electron chi connectivity index (χ2n) is 10.9. The van der Waals surface area contributed by atoms with E-state index in [-0.39, 0.29) is 16.8 Å². The minimum Gasteiger partial charge on any atom is -0.507 e. The minimum atomic E-state index is 0.162. The van der Waals surface area contributed by atoms with Gasteiger partial charge in [0.25, 0.3) is 0 Å². The Labute approximate surface area is 271 Å². The summed E-state index contributed by atoms with van der Waals surface area (Å²) in [6.07, 6.45) is 0. The Bertz CT molecular complexity index is 2170. The Morgan fingerprint density at radius 2 is 0.733 bits per heavy atom. The van der Waals surface area contributed by atoms with E-state index in [2.05, 4.69) is 84.9 Å². The molecule has 0 aliphatic carbocycles. The molecule has 45 heavy (non-hydrogen) atoms. The van der Waals surface area contributed by atoms with Crippen molar-refractivity contribution >= 4 is 66.3 Å². The number of aromatic hydroxyl groups is 2. The Balaban J connectivity index is 0.00000104. The van der Waals surface area contributed by atoms with Crippen molar-refractivity contribution in [1.82, 2.24) is 0 Å². The number of rotatable bonds is 3. The van der Waals surface area contributed by atoms with Crippen molar-refractivity contribution in [1.29, 1.82) is 0 Å². The minimum absolute atomic E-state index is 0.162. The maximum Gasteiger partial charge on any atom is 0.132 e. The number of phenols is 2. The maximum absolute atomic E-state index is 12.4. The fourth-order valence-corrected chi connectivity index (χ4v) is 6.50. The van der Waals surface area contributed by atoms with Gasteiger partial charge in [-0.25, -0.2) is 0 Å². The van der Waals surface area contributed by atoms with Crippen molar-refractivity contribution in [2.24, 2.45) is 0 Å². The van der Waals surface area contributed by atoms with Crippen molar-refractivity contribution in [3.63, 3.8) is 0 Å². The zero-order valence-electron chi connectivity index (χ0n) is 24.2. The van der Waals surface area contributed by atoms with E-state index >= 15 is 0 Å². The molecule has 0 saturated heterocycles. The van der Waals surface area contributed by atoms with Crippen molar-refractivity contribution in [2.45, 2.75) is 0 Å². The van der Waals surface area contributed by atoms with E-state index in [9.17, 15) is 10.2 Å². The molecule has 8 rings (SSSR count). The highest BCUT2D eigenvalue weighted by Crippen LogP contribution is 2.53. The van der Waals surface area contributed by atoms with Gasteiger partial charge in [0, 0.05) is 21.9 Å². The van der Waals surface area contributed by atoms with Crippen molar-refractivity contribution in [3.8, 4) is 44.9 Å². The molecule has 0 aromatic heterocycles. The predicted octanol–water partition coefficient (Wildman–Crippen LogP) is 12.1. The van der Waals surface area contributed by atoms with Crippen LogP contribution in [0.25, 0.3) is 76.5 Å². The molecule has 0 saturated carbocycles. The first kappa shape index (κ1) is 28.7. The summed E-state index contributed by atoms with van der Waals surface area (Å²) in [7, 11) is 0. The molecular weight excluding hydrogens is 595 g/mol. The highest BCUT2D eigenvalue weighted by molar-refractivity contribution is 6.40. The predicted molar refractivity (Wildman–Crippen MR) is 193 cm³/mol. The van der Waals surface area contributed by atoms with Crippen LogP contribution < -0.4 is 0 Å². The fraction of sp³-hybridized carbons (Fsp3) is 0.0244. The third-order valence-corrected chi connectivity index (χ3v) is 8.43. The third kappa shape index (κ3) is 5.03. The highest BCUT2D eigenvalue weighted by Gasteiger charge is 2.25. The third-order valence-electron chi connectivity index (χ3n) is 8.43. The van der Waals surface area contributed by atoms with Gasteiger partial charge in [-0.05, 0) is 66.7 Å². The number of hydrogen-bond donors (Lipinski definition) is 2. The van der Waals surface area contributed by atoms with Crippen LogP contribution in [0.5, 0.6) is 11.5 Å². The summed E-state index contributed by atoms with van der Waals surface area (Å²) in [5, 5.41) is 32.5. The molecule has 0 aliphatic rings. The molecule has 0 fully saturated rings. The van der Waals surface area contributed by atoms with Gasteiger partial charge < -0.3 is 10.2 Å². The molecule has 0 unspecified atom stereocenters. The summed E-state index contributed by atoms with van der Waals surface area (Å²) < 4.78 is 0. The Hall–Kier alpha value is -5.02. The summed E-state index contributed by atoms with van der Waals surface area (Å²) in [5.41, 5.74) is 4.90. The van der Waals surface area contributed by atoms with Gasteiger partial charge in [0.05, 0.1) is 5.34 Å². The van der Waals surface area contributed by atoms with Crippen LogP contribution in [0.3, 0.4) is 0 Å². The molecule has 0 aliphatic heterocycles. The van der Waals surface area contributed by atoms with Crippen LogP contribution in [0, 0.1) is 0 Å². The average molecular weight is 624 g/mol. The van der Waals surface area contributed by atoms with Crippen LogP contribution in [-0.4, -0.2) is 15.6 Å². The normalized spacial score (nSPS) is 11.2. The monoisotopic (exact) mass is 622 g/mol. The van der Waals surface area contributed by atoms with E-state index in [1.165, 1.54) is 0 Å². The van der Waals surface area contributed by atoms with E-state index in [0.29, 0.717) is 11.1 Å². The fourth-order valence-electron chi connectivity index (χ4n) is 6.50. The van der Waals surface area contributed by atoms with E-state index in [1.54, 1.807) is 0 Å². The largest absolute Gasteiger partial charge is 0.507 e. The van der Waals surface area contributed by atoms with Crippen LogP contribution in [0.1, 0.15) is 0 Å². The summed E-state index contributed by atoms with van der Waals surface area (Å²) in [6, 6.07) is 49.1. The average Bonchev–Trinajstić information content (AvgIpc) is 3.09. The number of alkyl halides is 2. The first-order valence-electron chi connectivity index (χ1n) is 14.7. The molecule has 0 amide bonds. The van der Waals surface area contributed by atoms with Gasteiger partial charge in [-0.3, -0.25) is 0 Å². The molecular formula is C41H28Cl2O2. The molecule has 0 bridgehead atoms. The van der Waals surface area contributed by atoms with Gasteiger partial charge in [0.15, 0.2) is 0 Å². The molecule has 2 N–H and O–H groups in total. The standard InChI is InChI=1S/C40H26O2.CH2Cl2/c41-39-35-29(21-19-27-15-7-9-17-31(27)35)23-33(25-11-3-1-4-12-25)37(39)38-34(26-13-5-2-6-14-26)24-30-22-20-28-16-8-10-18-32(28)36(30)40(38)42;2-1-3/h1-24,41-42H;1H2. The lowest BCUT2D eigenvalue weighted by Crippen LogP contribution is -1.94. The summed E-state index contributed by atoms with van der Waals surface area (Å²) in [5.74, 6) is 0.324. The van der Waals surface area contributed by atoms with Crippen molar-refractivity contribution in [2.75, 3.05) is 5.34 Å². The molecule has 218 valence electrons. The van der Waals surface area contributed by atoms with E-state index in [4.69, 9.17) is 23.2 Å². The smallest absolute Gasteiger partial charge is 0.132 e. The topological polar surface area (TPSA) is 40.5 Å². The van der Waals surface area contributed by atoms with Crippen LogP contribution in [0.15, 0.2) is 146 Å². The first-order valence-corrected chi connectivity index (χ1v) is 15.8. The zero-order chi connectivity index (χ0) is 30.9. The summed E-state index contributed by atoms with van der Waals surface area (Å²) in [4.78, 5) is 0. The van der Waals surface area contributed by atoms with Crippen LogP contribution in [0.4, 0.5) is 0 Å². The lowest BCUT2D eigenvalue weighted by molar-refractivity contribution is 0.476. The van der Waals surface area contributed by atoms with Crippen LogP contribution in [0.2, 0.25) is 0 Å². The lowest BCUT2D eigenvalue weighted by atomic mass is 9.83. The SMILES string of the molecule is ClCCl.Oc1c(-c2c(-c3ccccc3)cc3ccc4ccccc4c3c2O)c(-c2ccccc2)cc2ccc3ccccc3c12. The van der Waals surface area contributed by atoms with E-state index in [0.717, 1.165) is 65.3 Å². The van der Waals surface area contributed by atoms with Gasteiger partial charge in [0.1, 0.15) is 11.5 Å². The molecule has 0 atom stereocenters. The second-order valence-corrected chi connectivity index (χ2v) is 11.7. The summed E-state index contributed by atoms with van der Waals surface area (Å²) >= 11 is 9.53. The van der Waals surface area contributed by atoms with E-state index in [1.807, 2.05) is 60.7 Å². The van der Waals surface area contributed by atoms with Crippen molar-refractivity contribution in [3.05, 3.63) is 146 Å². The summed E-state index contributed by atoms with van der Waals surface area (Å²) in [6.45, 7) is 0. The number of benzene rings is 8. The van der Waals surface area contributed by atoms with Gasteiger partial charge in [-0.15, -0.1) is 23.2 Å². The Morgan fingerprint density at radius 3 is 1.13 bits per heavy atom. The van der Waals surface area contributed by atoms with Crippen molar-refractivity contribution < 1.29 is 10.2 Å². The molecule has 0 radical (unpaired) electrons. The lowest BCUT2D eigenvalue weighted by Gasteiger charge is -2.22. The first-order chi connectivity index (χ1) is 22.1. The van der Waals surface area contributed by atoms with Gasteiger partial charge >= 0.3 is 0 Å². The number of fused-ring (bicyclic) bond motifs is 6. The quantitative estimate of drug-likeness (QED) is 0.152. The second kappa shape index (κ2) is 12.2. The molecule has 4 heteroatoms. The highest BCUT2D eigenvalue weighted by atomic mass is 35.5. The molecule has 0 heterocycles. The van der Waals surface area contributed by atoms with Gasteiger partial charge in [-0.1, -0.05) is 133 Å².